The molecule has 2 aliphatic heterocycles. The number of hydrogen-bond donors (Lipinski definition) is 2. The number of fused-ring (bicyclic) bond motifs is 1. The van der Waals surface area contributed by atoms with E-state index in [1.54, 1.807) is 12.1 Å². The summed E-state index contributed by atoms with van der Waals surface area (Å²) in [5.41, 5.74) is 2.45. The summed E-state index contributed by atoms with van der Waals surface area (Å²) >= 11 is 0. The Hall–Kier alpha value is -1.62. The van der Waals surface area contributed by atoms with Gasteiger partial charge in [-0.05, 0) is 37.9 Å². The second-order valence-corrected chi connectivity index (χ2v) is 4.93. The van der Waals surface area contributed by atoms with Gasteiger partial charge in [-0.25, -0.2) is 0 Å². The maximum absolute atomic E-state index is 10.7. The molecule has 0 bridgehead atoms. The zero-order valence-corrected chi connectivity index (χ0v) is 9.53. The van der Waals surface area contributed by atoms with Crippen LogP contribution in [0.2, 0.25) is 0 Å². The summed E-state index contributed by atoms with van der Waals surface area (Å²) in [6.45, 7) is 2.03. The lowest BCUT2D eigenvalue weighted by molar-refractivity contribution is -0.384. The van der Waals surface area contributed by atoms with E-state index in [2.05, 4.69) is 10.6 Å². The average molecular weight is 233 g/mol. The van der Waals surface area contributed by atoms with E-state index in [1.165, 1.54) is 5.56 Å². The number of non-ortho nitro benzene ring substituents is 1. The molecule has 1 fully saturated rings. The summed E-state index contributed by atoms with van der Waals surface area (Å²) in [7, 11) is 0. The van der Waals surface area contributed by atoms with Crippen LogP contribution in [0.15, 0.2) is 18.2 Å². The molecule has 1 spiro atoms. The molecule has 1 saturated heterocycles. The van der Waals surface area contributed by atoms with Crippen molar-refractivity contribution in [2.24, 2.45) is 0 Å². The monoisotopic (exact) mass is 233 g/mol. The third-order valence-corrected chi connectivity index (χ3v) is 3.79. The van der Waals surface area contributed by atoms with Crippen LogP contribution in [0, 0.1) is 10.1 Å². The zero-order chi connectivity index (χ0) is 11.9. The van der Waals surface area contributed by atoms with Crippen LogP contribution in [0.25, 0.3) is 0 Å². The van der Waals surface area contributed by atoms with Crippen molar-refractivity contribution >= 4 is 11.4 Å². The third kappa shape index (κ3) is 1.76. The highest BCUT2D eigenvalue weighted by atomic mass is 16.6. The van der Waals surface area contributed by atoms with Crippen molar-refractivity contribution in [1.82, 2.24) is 5.32 Å². The lowest BCUT2D eigenvalue weighted by atomic mass is 9.86. The molecule has 5 nitrogen and oxygen atoms in total. The van der Waals surface area contributed by atoms with Gasteiger partial charge >= 0.3 is 0 Å². The van der Waals surface area contributed by atoms with Crippen molar-refractivity contribution in [2.45, 2.75) is 24.8 Å². The Balaban J connectivity index is 1.89. The van der Waals surface area contributed by atoms with E-state index in [1.807, 2.05) is 6.07 Å². The highest BCUT2D eigenvalue weighted by molar-refractivity contribution is 5.63. The van der Waals surface area contributed by atoms with E-state index in [0.29, 0.717) is 0 Å². The Morgan fingerprint density at radius 1 is 1.29 bits per heavy atom. The Kier molecular flexibility index (Phi) is 2.29. The topological polar surface area (TPSA) is 67.2 Å². The van der Waals surface area contributed by atoms with Crippen molar-refractivity contribution < 1.29 is 4.92 Å². The van der Waals surface area contributed by atoms with E-state index >= 15 is 0 Å². The molecular weight excluding hydrogens is 218 g/mol. The summed E-state index contributed by atoms with van der Waals surface area (Å²) in [4.78, 5) is 10.4. The fourth-order valence-corrected chi connectivity index (χ4v) is 2.85. The number of nitrogens with zero attached hydrogens (tertiary/aromatic N) is 1. The molecule has 90 valence electrons. The first-order valence-electron chi connectivity index (χ1n) is 5.95. The maximum Gasteiger partial charge on any atom is 0.271 e. The number of nitro benzene ring substituents is 1. The largest absolute Gasteiger partial charge is 0.379 e. The van der Waals surface area contributed by atoms with Crippen LogP contribution in [-0.4, -0.2) is 23.6 Å². The van der Waals surface area contributed by atoms with Gasteiger partial charge in [-0.15, -0.1) is 0 Å². The minimum atomic E-state index is -0.338. The van der Waals surface area contributed by atoms with Gasteiger partial charge < -0.3 is 10.6 Å². The summed E-state index contributed by atoms with van der Waals surface area (Å²) in [5, 5.41) is 17.6. The average Bonchev–Trinajstić information content (AvgIpc) is 2.66. The molecule has 0 atom stereocenters. The molecule has 1 aromatic carbocycles. The van der Waals surface area contributed by atoms with Gasteiger partial charge in [0, 0.05) is 23.4 Å². The van der Waals surface area contributed by atoms with Crippen molar-refractivity contribution in [1.29, 1.82) is 0 Å². The molecular formula is C12H15N3O2. The van der Waals surface area contributed by atoms with Crippen LogP contribution >= 0.6 is 0 Å². The number of piperidine rings is 1. The van der Waals surface area contributed by atoms with E-state index in [0.717, 1.165) is 38.0 Å². The van der Waals surface area contributed by atoms with Crippen LogP contribution < -0.4 is 10.6 Å². The molecule has 17 heavy (non-hydrogen) atoms. The highest BCUT2D eigenvalue weighted by Gasteiger charge is 2.38. The molecule has 1 aromatic rings. The van der Waals surface area contributed by atoms with Crippen LogP contribution in [0.5, 0.6) is 0 Å². The Labute approximate surface area is 99.4 Å². The van der Waals surface area contributed by atoms with Gasteiger partial charge in [0.15, 0.2) is 0 Å². The smallest absolute Gasteiger partial charge is 0.271 e. The fourth-order valence-electron chi connectivity index (χ4n) is 2.85. The zero-order valence-electron chi connectivity index (χ0n) is 9.53. The summed E-state index contributed by atoms with van der Waals surface area (Å²) in [6, 6.07) is 5.14. The number of nitrogens with one attached hydrogen (secondary N) is 2. The minimum Gasteiger partial charge on any atom is -0.379 e. The summed E-state index contributed by atoms with van der Waals surface area (Å²) in [5.74, 6) is 0. The van der Waals surface area contributed by atoms with Crippen molar-refractivity contribution in [2.75, 3.05) is 18.4 Å². The predicted octanol–water partition coefficient (Wildman–Crippen LogP) is 1.68. The number of hydrogen-bond acceptors (Lipinski definition) is 4. The van der Waals surface area contributed by atoms with Crippen molar-refractivity contribution in [3.8, 4) is 0 Å². The molecule has 0 amide bonds. The normalized spacial score (nSPS) is 20.9. The van der Waals surface area contributed by atoms with Crippen molar-refractivity contribution in [3.05, 3.63) is 33.9 Å². The summed E-state index contributed by atoms with van der Waals surface area (Å²) in [6.07, 6.45) is 3.15. The van der Waals surface area contributed by atoms with E-state index in [9.17, 15) is 10.1 Å². The second kappa shape index (κ2) is 3.70. The van der Waals surface area contributed by atoms with Gasteiger partial charge in [0.1, 0.15) is 0 Å². The molecule has 0 aromatic heterocycles. The highest BCUT2D eigenvalue weighted by Crippen LogP contribution is 2.39. The number of anilines is 1. The van der Waals surface area contributed by atoms with Gasteiger partial charge in [0.05, 0.1) is 4.92 Å². The van der Waals surface area contributed by atoms with Gasteiger partial charge in [0.2, 0.25) is 0 Å². The predicted molar refractivity (Wildman–Crippen MR) is 65.3 cm³/mol. The second-order valence-electron chi connectivity index (χ2n) is 4.93. The fraction of sp³-hybridized carbons (Fsp3) is 0.500. The number of rotatable bonds is 1. The minimum absolute atomic E-state index is 0.128. The summed E-state index contributed by atoms with van der Waals surface area (Å²) < 4.78 is 0. The van der Waals surface area contributed by atoms with E-state index < -0.39 is 0 Å². The van der Waals surface area contributed by atoms with E-state index in [-0.39, 0.29) is 16.1 Å². The van der Waals surface area contributed by atoms with Gasteiger partial charge in [-0.1, -0.05) is 6.07 Å². The van der Waals surface area contributed by atoms with Crippen LogP contribution in [0.1, 0.15) is 18.4 Å². The molecule has 3 rings (SSSR count). The molecule has 0 unspecified atom stereocenters. The Morgan fingerprint density at radius 3 is 2.76 bits per heavy atom. The molecule has 0 radical (unpaired) electrons. The standard InChI is InChI=1S/C12H15N3O2/c16-15(17)10-2-1-9-8-12(14-11(9)7-10)3-5-13-6-4-12/h1-2,7,13-14H,3-6,8H2. The maximum atomic E-state index is 10.7. The first-order chi connectivity index (χ1) is 8.19. The van der Waals surface area contributed by atoms with Gasteiger partial charge in [-0.2, -0.15) is 0 Å². The number of nitro groups is 1. The Bertz CT molecular complexity index is 467. The molecule has 0 saturated carbocycles. The lowest BCUT2D eigenvalue weighted by Crippen LogP contribution is -2.46. The quantitative estimate of drug-likeness (QED) is 0.572. The van der Waals surface area contributed by atoms with Gasteiger partial charge in [0.25, 0.3) is 5.69 Å². The SMILES string of the molecule is O=[N+]([O-])c1ccc2c(c1)NC1(CCNCC1)C2. The van der Waals surface area contributed by atoms with Crippen molar-refractivity contribution in [3.63, 3.8) is 0 Å². The molecule has 2 heterocycles. The van der Waals surface area contributed by atoms with Crippen LogP contribution in [-0.2, 0) is 6.42 Å². The van der Waals surface area contributed by atoms with Crippen LogP contribution in [0.3, 0.4) is 0 Å². The third-order valence-electron chi connectivity index (χ3n) is 3.79. The lowest BCUT2D eigenvalue weighted by Gasteiger charge is -2.34. The van der Waals surface area contributed by atoms with Gasteiger partial charge in [-0.3, -0.25) is 10.1 Å². The molecule has 2 N–H and O–H groups in total. The molecule has 2 aliphatic rings. The first kappa shape index (κ1) is 10.5. The van der Waals surface area contributed by atoms with E-state index in [4.69, 9.17) is 0 Å². The number of benzene rings is 1. The Morgan fingerprint density at radius 2 is 2.06 bits per heavy atom. The molecule has 5 heteroatoms. The van der Waals surface area contributed by atoms with Crippen LogP contribution in [0.4, 0.5) is 11.4 Å². The molecule has 0 aliphatic carbocycles. The first-order valence-corrected chi connectivity index (χ1v) is 5.95.